The second-order valence-electron chi connectivity index (χ2n) is 4.16. The minimum absolute atomic E-state index is 0.705. The van der Waals surface area contributed by atoms with Crippen molar-refractivity contribution in [2.75, 3.05) is 58.9 Å². The average molecular weight is 276 g/mol. The fraction of sp³-hybridized carbons (Fsp3) is 1.00. The van der Waals surface area contributed by atoms with Crippen LogP contribution < -0.4 is 27.5 Å². The Balaban J connectivity index is 0. The molecule has 0 radical (unpaired) electrons. The zero-order chi connectivity index (χ0) is 14.8. The molecule has 0 spiro atoms. The third-order valence-electron chi connectivity index (χ3n) is 2.47. The van der Waals surface area contributed by atoms with Crippen LogP contribution in [0.25, 0.3) is 0 Å². The van der Waals surface area contributed by atoms with Crippen LogP contribution in [0.2, 0.25) is 0 Å². The zero-order valence-electron chi connectivity index (χ0n) is 13.2. The highest BCUT2D eigenvalue weighted by atomic mass is 15.5. The number of nitrogens with two attached hydrogens (primary N) is 2. The predicted octanol–water partition coefficient (Wildman–Crippen LogP) is -0.674. The van der Waals surface area contributed by atoms with Crippen molar-refractivity contribution in [3.63, 3.8) is 0 Å². The summed E-state index contributed by atoms with van der Waals surface area (Å²) in [5, 5.41) is 8.54. The van der Waals surface area contributed by atoms with Crippen molar-refractivity contribution < 1.29 is 0 Å². The first kappa shape index (κ1) is 21.1. The Morgan fingerprint density at radius 1 is 0.737 bits per heavy atom. The normalized spacial score (nSPS) is 10.4. The molecule has 0 fully saturated rings. The van der Waals surface area contributed by atoms with Gasteiger partial charge in [-0.2, -0.15) is 0 Å². The van der Waals surface area contributed by atoms with Crippen LogP contribution in [0.4, 0.5) is 0 Å². The Hall–Kier alpha value is -0.240. The van der Waals surface area contributed by atoms with Crippen molar-refractivity contribution in [2.24, 2.45) is 11.5 Å². The van der Waals surface area contributed by atoms with E-state index in [0.717, 1.165) is 45.8 Å². The highest BCUT2D eigenvalue weighted by Crippen LogP contribution is 1.79. The fourth-order valence-electron chi connectivity index (χ4n) is 1.35. The molecule has 0 rings (SSSR count). The molecule has 0 aromatic rings. The molecule has 0 bridgehead atoms. The van der Waals surface area contributed by atoms with Gasteiger partial charge in [0.1, 0.15) is 0 Å². The van der Waals surface area contributed by atoms with E-state index in [9.17, 15) is 0 Å². The van der Waals surface area contributed by atoms with Crippen LogP contribution in [0.1, 0.15) is 27.2 Å². The summed E-state index contributed by atoms with van der Waals surface area (Å²) in [4.78, 5) is 0. The van der Waals surface area contributed by atoms with Gasteiger partial charge in [0.05, 0.1) is 0 Å². The van der Waals surface area contributed by atoms with Gasteiger partial charge < -0.3 is 22.1 Å². The van der Waals surface area contributed by atoms with Gasteiger partial charge in [-0.25, -0.2) is 5.01 Å². The average Bonchev–Trinajstić information content (AvgIpc) is 2.45. The number of rotatable bonds is 12. The van der Waals surface area contributed by atoms with Gasteiger partial charge in [-0.1, -0.05) is 20.8 Å². The van der Waals surface area contributed by atoms with E-state index >= 15 is 0 Å². The van der Waals surface area contributed by atoms with Gasteiger partial charge in [0.15, 0.2) is 0 Å². The van der Waals surface area contributed by atoms with Gasteiger partial charge >= 0.3 is 0 Å². The van der Waals surface area contributed by atoms with Crippen LogP contribution in [0, 0.1) is 0 Å². The van der Waals surface area contributed by atoms with Crippen molar-refractivity contribution in [1.82, 2.24) is 21.1 Å². The lowest BCUT2D eigenvalue weighted by Gasteiger charge is -2.18. The lowest BCUT2D eigenvalue weighted by molar-refractivity contribution is 0.209. The Morgan fingerprint density at radius 3 is 1.53 bits per heavy atom. The SMILES string of the molecule is CCCNN(CC)CC.NCCNCCNCCN. The van der Waals surface area contributed by atoms with Crippen molar-refractivity contribution in [2.45, 2.75) is 27.2 Å². The Labute approximate surface area is 119 Å². The summed E-state index contributed by atoms with van der Waals surface area (Å²) in [5.74, 6) is 0. The summed E-state index contributed by atoms with van der Waals surface area (Å²) in [6.45, 7) is 14.9. The van der Waals surface area contributed by atoms with E-state index in [4.69, 9.17) is 11.5 Å². The van der Waals surface area contributed by atoms with Crippen LogP contribution in [-0.2, 0) is 0 Å². The molecule has 0 unspecified atom stereocenters. The van der Waals surface area contributed by atoms with Crippen LogP contribution in [0.3, 0.4) is 0 Å². The standard InChI is InChI=1S/C7H18N2.C6H18N4/c1-4-7-8-9(5-2)6-3;7-1-3-9-5-6-10-4-2-8/h8H,4-7H2,1-3H3;9-10H,1-8H2. The second kappa shape index (κ2) is 20.1. The smallest absolute Gasteiger partial charge is 0.0102 e. The zero-order valence-corrected chi connectivity index (χ0v) is 13.2. The van der Waals surface area contributed by atoms with Crippen LogP contribution in [0.15, 0.2) is 0 Å². The van der Waals surface area contributed by atoms with Gasteiger partial charge in [-0.3, -0.25) is 5.43 Å². The highest BCUT2D eigenvalue weighted by molar-refractivity contribution is 4.51. The number of hydrogen-bond acceptors (Lipinski definition) is 6. The van der Waals surface area contributed by atoms with E-state index in [1.807, 2.05) is 0 Å². The molecule has 0 aromatic carbocycles. The molecular weight excluding hydrogens is 240 g/mol. The monoisotopic (exact) mass is 276 g/mol. The molecule has 0 aromatic heterocycles. The molecule has 0 aliphatic carbocycles. The Morgan fingerprint density at radius 2 is 1.21 bits per heavy atom. The number of hydrazine groups is 1. The van der Waals surface area contributed by atoms with E-state index < -0.39 is 0 Å². The first-order valence-corrected chi connectivity index (χ1v) is 7.56. The Kier molecular flexibility index (Phi) is 22.3. The van der Waals surface area contributed by atoms with Gasteiger partial charge in [-0.05, 0) is 6.42 Å². The maximum atomic E-state index is 5.27. The summed E-state index contributed by atoms with van der Waals surface area (Å²) in [6.07, 6.45) is 1.20. The fourth-order valence-corrected chi connectivity index (χ4v) is 1.35. The van der Waals surface area contributed by atoms with Gasteiger partial charge in [-0.15, -0.1) is 0 Å². The summed E-state index contributed by atoms with van der Waals surface area (Å²) < 4.78 is 0. The van der Waals surface area contributed by atoms with Crippen molar-refractivity contribution in [1.29, 1.82) is 0 Å². The maximum Gasteiger partial charge on any atom is 0.0102 e. The van der Waals surface area contributed by atoms with Gasteiger partial charge in [0.25, 0.3) is 0 Å². The largest absolute Gasteiger partial charge is 0.329 e. The van der Waals surface area contributed by atoms with E-state index in [1.54, 1.807) is 0 Å². The summed E-state index contributed by atoms with van der Waals surface area (Å²) in [5.41, 5.74) is 13.8. The van der Waals surface area contributed by atoms with E-state index in [1.165, 1.54) is 6.42 Å². The number of nitrogens with zero attached hydrogens (tertiary/aromatic N) is 1. The van der Waals surface area contributed by atoms with Crippen LogP contribution in [0.5, 0.6) is 0 Å². The molecule has 6 heteroatoms. The molecule has 0 aliphatic heterocycles. The molecule has 0 amide bonds. The van der Waals surface area contributed by atoms with Gasteiger partial charge in [0.2, 0.25) is 0 Å². The number of nitrogens with one attached hydrogen (secondary N) is 3. The third-order valence-corrected chi connectivity index (χ3v) is 2.47. The van der Waals surface area contributed by atoms with Crippen molar-refractivity contribution >= 4 is 0 Å². The predicted molar refractivity (Wildman–Crippen MR) is 85.1 cm³/mol. The molecule has 0 aliphatic rings. The summed E-state index contributed by atoms with van der Waals surface area (Å²) in [6, 6.07) is 0. The molecule has 0 saturated heterocycles. The van der Waals surface area contributed by atoms with Crippen LogP contribution >= 0.6 is 0 Å². The van der Waals surface area contributed by atoms with Gasteiger partial charge in [0, 0.05) is 58.9 Å². The molecule has 118 valence electrons. The summed E-state index contributed by atoms with van der Waals surface area (Å²) >= 11 is 0. The molecule has 0 atom stereocenters. The molecule has 0 heterocycles. The first-order valence-electron chi connectivity index (χ1n) is 7.56. The van der Waals surface area contributed by atoms with Crippen LogP contribution in [-0.4, -0.2) is 63.9 Å². The maximum absolute atomic E-state index is 5.27. The number of hydrogen-bond donors (Lipinski definition) is 5. The lowest BCUT2D eigenvalue weighted by Crippen LogP contribution is -2.37. The van der Waals surface area contributed by atoms with E-state index in [0.29, 0.717) is 13.1 Å². The lowest BCUT2D eigenvalue weighted by atomic mass is 10.5. The first-order chi connectivity index (χ1) is 9.26. The molecule has 7 N–H and O–H groups in total. The van der Waals surface area contributed by atoms with E-state index in [2.05, 4.69) is 41.8 Å². The molecule has 19 heavy (non-hydrogen) atoms. The molecular formula is C13H36N6. The molecule has 6 nitrogen and oxygen atoms in total. The second-order valence-corrected chi connectivity index (χ2v) is 4.16. The van der Waals surface area contributed by atoms with Crippen molar-refractivity contribution in [3.05, 3.63) is 0 Å². The molecule has 0 saturated carbocycles. The quantitative estimate of drug-likeness (QED) is 0.240. The van der Waals surface area contributed by atoms with Crippen molar-refractivity contribution in [3.8, 4) is 0 Å². The summed E-state index contributed by atoms with van der Waals surface area (Å²) in [7, 11) is 0. The third kappa shape index (κ3) is 20.2. The highest BCUT2D eigenvalue weighted by Gasteiger charge is 1.92. The van der Waals surface area contributed by atoms with E-state index in [-0.39, 0.29) is 0 Å². The minimum atomic E-state index is 0.705. The topological polar surface area (TPSA) is 91.4 Å². The minimum Gasteiger partial charge on any atom is -0.329 e. The Bertz CT molecular complexity index is 133.